The fourth-order valence-corrected chi connectivity index (χ4v) is 2.43. The molecule has 0 atom stereocenters. The number of hydrogen-bond acceptors (Lipinski definition) is 2. The van der Waals surface area contributed by atoms with Crippen molar-refractivity contribution in [3.8, 4) is 16.9 Å². The van der Waals surface area contributed by atoms with E-state index in [2.05, 4.69) is 31.2 Å². The third-order valence-electron chi connectivity index (χ3n) is 3.29. The summed E-state index contributed by atoms with van der Waals surface area (Å²) in [6.45, 7) is 4.55. The van der Waals surface area contributed by atoms with Crippen molar-refractivity contribution in [3.05, 3.63) is 59.7 Å². The van der Waals surface area contributed by atoms with Crippen LogP contribution in [0.3, 0.4) is 0 Å². The predicted octanol–water partition coefficient (Wildman–Crippen LogP) is 3.22. The van der Waals surface area contributed by atoms with E-state index in [4.69, 9.17) is 10.5 Å². The van der Waals surface area contributed by atoms with Gasteiger partial charge in [-0.2, -0.15) is 0 Å². The molecule has 0 amide bonds. The summed E-state index contributed by atoms with van der Waals surface area (Å²) >= 11 is 0. The van der Waals surface area contributed by atoms with Gasteiger partial charge in [-0.1, -0.05) is 24.3 Å². The predicted molar refractivity (Wildman–Crippen MR) is 73.1 cm³/mol. The van der Waals surface area contributed by atoms with E-state index in [1.54, 1.807) is 0 Å². The maximum Gasteiger partial charge on any atom is 0.140 e. The lowest BCUT2D eigenvalue weighted by Gasteiger charge is -2.10. The Morgan fingerprint density at radius 1 is 1.22 bits per heavy atom. The van der Waals surface area contributed by atoms with Crippen molar-refractivity contribution >= 4 is 0 Å². The van der Waals surface area contributed by atoms with Gasteiger partial charge in [0.2, 0.25) is 0 Å². The van der Waals surface area contributed by atoms with Gasteiger partial charge in [0.15, 0.2) is 0 Å². The van der Waals surface area contributed by atoms with E-state index in [1.807, 2.05) is 18.7 Å². The summed E-state index contributed by atoms with van der Waals surface area (Å²) in [6, 6.07) is 12.7. The maximum absolute atomic E-state index is 5.70. The molecule has 1 aliphatic heterocycles. The minimum Gasteiger partial charge on any atom is -0.485 e. The Kier molecular flexibility index (Phi) is 2.80. The Bertz CT molecular complexity index is 590. The summed E-state index contributed by atoms with van der Waals surface area (Å²) < 4.78 is 5.66. The van der Waals surface area contributed by atoms with Crippen LogP contribution in [0.15, 0.2) is 36.4 Å². The summed E-state index contributed by atoms with van der Waals surface area (Å²) in [5.74, 6) is 0.995. The quantitative estimate of drug-likeness (QED) is 0.871. The molecule has 0 aromatic heterocycles. The van der Waals surface area contributed by atoms with Gasteiger partial charge in [-0.15, -0.1) is 0 Å². The van der Waals surface area contributed by atoms with Gasteiger partial charge in [-0.25, -0.2) is 0 Å². The van der Waals surface area contributed by atoms with Crippen LogP contribution in [-0.2, 0) is 13.0 Å². The van der Waals surface area contributed by atoms with Crippen LogP contribution in [0.5, 0.6) is 5.75 Å². The van der Waals surface area contributed by atoms with Gasteiger partial charge in [0.25, 0.3) is 0 Å². The van der Waals surface area contributed by atoms with Crippen molar-refractivity contribution in [2.45, 2.75) is 19.9 Å². The van der Waals surface area contributed by atoms with E-state index in [-0.39, 0.29) is 0 Å². The van der Waals surface area contributed by atoms with E-state index in [9.17, 15) is 0 Å². The minimum absolute atomic E-state index is 0.564. The summed E-state index contributed by atoms with van der Waals surface area (Å²) in [5.41, 5.74) is 11.7. The largest absolute Gasteiger partial charge is 0.485 e. The molecular weight excluding hydrogens is 222 g/mol. The molecule has 2 aromatic carbocycles. The van der Waals surface area contributed by atoms with Crippen molar-refractivity contribution in [2.24, 2.45) is 5.73 Å². The van der Waals surface area contributed by atoms with Crippen LogP contribution in [0.25, 0.3) is 11.1 Å². The lowest BCUT2D eigenvalue weighted by molar-refractivity contribution is 0.436. The average molecular weight is 238 g/mol. The van der Waals surface area contributed by atoms with Crippen molar-refractivity contribution in [1.29, 1.82) is 0 Å². The molecule has 1 heterocycles. The Morgan fingerprint density at radius 3 is 2.94 bits per heavy atom. The first-order chi connectivity index (χ1) is 8.78. The normalized spacial score (nSPS) is 13.2. The van der Waals surface area contributed by atoms with Crippen LogP contribution in [0.2, 0.25) is 0 Å². The summed E-state index contributed by atoms with van der Waals surface area (Å²) in [5, 5.41) is 0. The lowest BCUT2D eigenvalue weighted by Crippen LogP contribution is -1.96. The number of benzene rings is 2. The molecule has 0 bridgehead atoms. The molecule has 0 fully saturated rings. The number of nitrogens with two attached hydrogens (primary N) is 1. The highest BCUT2D eigenvalue weighted by Gasteiger charge is 2.18. The number of hydrogen-bond donors (Lipinski definition) is 1. The SMILES string of the molecule is Cc1cc2c(c(-c3cccc(CN)c3)c1)O[CH]C2. The second-order valence-electron chi connectivity index (χ2n) is 4.69. The Hall–Kier alpha value is -1.80. The molecule has 1 radical (unpaired) electrons. The van der Waals surface area contributed by atoms with Crippen molar-refractivity contribution in [3.63, 3.8) is 0 Å². The fraction of sp³-hybridized carbons (Fsp3) is 0.188. The number of ether oxygens (including phenoxy) is 1. The van der Waals surface area contributed by atoms with Crippen LogP contribution >= 0.6 is 0 Å². The molecule has 18 heavy (non-hydrogen) atoms. The van der Waals surface area contributed by atoms with E-state index in [0.717, 1.165) is 23.3 Å². The zero-order valence-electron chi connectivity index (χ0n) is 10.4. The van der Waals surface area contributed by atoms with Crippen molar-refractivity contribution < 1.29 is 4.74 Å². The minimum atomic E-state index is 0.564. The van der Waals surface area contributed by atoms with Crippen LogP contribution in [0.1, 0.15) is 16.7 Å². The smallest absolute Gasteiger partial charge is 0.140 e. The summed E-state index contributed by atoms with van der Waals surface area (Å²) in [7, 11) is 0. The molecule has 0 unspecified atom stereocenters. The molecule has 91 valence electrons. The maximum atomic E-state index is 5.70. The molecule has 3 rings (SSSR count). The first-order valence-electron chi connectivity index (χ1n) is 6.19. The monoisotopic (exact) mass is 238 g/mol. The van der Waals surface area contributed by atoms with E-state index < -0.39 is 0 Å². The van der Waals surface area contributed by atoms with Crippen LogP contribution in [0, 0.1) is 13.5 Å². The highest BCUT2D eigenvalue weighted by Crippen LogP contribution is 2.39. The molecule has 0 saturated heterocycles. The van der Waals surface area contributed by atoms with Crippen LogP contribution in [-0.4, -0.2) is 0 Å². The number of fused-ring (bicyclic) bond motifs is 1. The second kappa shape index (κ2) is 4.46. The standard InChI is InChI=1S/C16H16NO/c1-11-7-14-5-6-18-16(14)15(8-11)13-4-2-3-12(9-13)10-17/h2-4,6-9H,5,10,17H2,1H3. The summed E-state index contributed by atoms with van der Waals surface area (Å²) in [4.78, 5) is 0. The average Bonchev–Trinajstić information content (AvgIpc) is 2.85. The summed E-state index contributed by atoms with van der Waals surface area (Å²) in [6.07, 6.45) is 0.889. The van der Waals surface area contributed by atoms with Gasteiger partial charge in [0, 0.05) is 18.5 Å². The van der Waals surface area contributed by atoms with Gasteiger partial charge in [0.1, 0.15) is 12.4 Å². The molecular formula is C16H16NO. The lowest BCUT2D eigenvalue weighted by atomic mass is 9.97. The molecule has 0 saturated carbocycles. The van der Waals surface area contributed by atoms with Crippen molar-refractivity contribution in [2.75, 3.05) is 0 Å². The van der Waals surface area contributed by atoms with Crippen molar-refractivity contribution in [1.82, 2.24) is 0 Å². The van der Waals surface area contributed by atoms with Gasteiger partial charge >= 0.3 is 0 Å². The van der Waals surface area contributed by atoms with E-state index in [0.29, 0.717) is 6.54 Å². The van der Waals surface area contributed by atoms with Gasteiger partial charge < -0.3 is 10.5 Å². The molecule has 2 aromatic rings. The number of rotatable bonds is 2. The fourth-order valence-electron chi connectivity index (χ4n) is 2.43. The Morgan fingerprint density at radius 2 is 2.11 bits per heavy atom. The van der Waals surface area contributed by atoms with Crippen LogP contribution < -0.4 is 10.5 Å². The molecule has 2 nitrogen and oxygen atoms in total. The van der Waals surface area contributed by atoms with Gasteiger partial charge in [-0.3, -0.25) is 0 Å². The third-order valence-corrected chi connectivity index (χ3v) is 3.29. The van der Waals surface area contributed by atoms with Gasteiger partial charge in [-0.05, 0) is 41.3 Å². The van der Waals surface area contributed by atoms with Crippen LogP contribution in [0.4, 0.5) is 0 Å². The Labute approximate surface area is 107 Å². The number of aryl methyl sites for hydroxylation is 1. The van der Waals surface area contributed by atoms with Gasteiger partial charge in [0.05, 0.1) is 0 Å². The second-order valence-corrected chi connectivity index (χ2v) is 4.69. The zero-order chi connectivity index (χ0) is 12.5. The Balaban J connectivity index is 2.16. The van der Waals surface area contributed by atoms with E-state index >= 15 is 0 Å². The highest BCUT2D eigenvalue weighted by atomic mass is 16.5. The molecule has 2 heteroatoms. The first kappa shape index (κ1) is 11.3. The topological polar surface area (TPSA) is 35.2 Å². The highest BCUT2D eigenvalue weighted by molar-refractivity contribution is 5.74. The third kappa shape index (κ3) is 1.89. The molecule has 2 N–H and O–H groups in total. The zero-order valence-corrected chi connectivity index (χ0v) is 10.4. The van der Waals surface area contributed by atoms with E-state index in [1.165, 1.54) is 16.7 Å². The molecule has 0 aliphatic carbocycles. The first-order valence-corrected chi connectivity index (χ1v) is 6.19. The molecule has 1 aliphatic rings. The molecule has 0 spiro atoms.